The van der Waals surface area contributed by atoms with Gasteiger partial charge in [0, 0.05) is 0 Å². The minimum Gasteiger partial charge on any atom is -0.233 e. The van der Waals surface area contributed by atoms with Crippen LogP contribution in [0.3, 0.4) is 0 Å². The van der Waals surface area contributed by atoms with Gasteiger partial charge in [-0.3, -0.25) is 0 Å². The summed E-state index contributed by atoms with van der Waals surface area (Å²) in [6.45, 7) is 10.6. The van der Waals surface area contributed by atoms with Crippen LogP contribution in [-0.4, -0.2) is 11.7 Å². The maximum Gasteiger partial charge on any atom is 0.0952 e. The average molecular weight is 200 g/mol. The molecule has 14 heavy (non-hydrogen) atoms. The lowest BCUT2D eigenvalue weighted by Gasteiger charge is -2.32. The van der Waals surface area contributed by atoms with E-state index in [1.807, 2.05) is 20.8 Å². The molecule has 2 unspecified atom stereocenters. The van der Waals surface area contributed by atoms with E-state index >= 15 is 0 Å². The van der Waals surface area contributed by atoms with E-state index in [-0.39, 0.29) is 5.60 Å². The normalized spacial score (nSPS) is 34.5. The Kier molecular flexibility index (Phi) is 3.96. The predicted octanol–water partition coefficient (Wildman–Crippen LogP) is 3.56. The van der Waals surface area contributed by atoms with Crippen molar-refractivity contribution >= 4 is 0 Å². The molecule has 1 aliphatic rings. The van der Waals surface area contributed by atoms with E-state index in [0.29, 0.717) is 6.10 Å². The number of hydrogen-bond donors (Lipinski definition) is 0. The molecule has 84 valence electrons. The molecule has 1 fully saturated rings. The molecule has 0 spiro atoms. The van der Waals surface area contributed by atoms with Crippen LogP contribution in [0.15, 0.2) is 0 Å². The van der Waals surface area contributed by atoms with E-state index in [1.165, 1.54) is 6.42 Å². The van der Waals surface area contributed by atoms with Gasteiger partial charge in [0.15, 0.2) is 0 Å². The highest BCUT2D eigenvalue weighted by molar-refractivity contribution is 4.74. The third-order valence-corrected chi connectivity index (χ3v) is 2.57. The third-order valence-electron chi connectivity index (χ3n) is 2.57. The largest absolute Gasteiger partial charge is 0.233 e. The molecule has 1 aliphatic carbocycles. The van der Waals surface area contributed by atoms with Gasteiger partial charge in [0.1, 0.15) is 0 Å². The Balaban J connectivity index is 2.30. The molecule has 0 aromatic heterocycles. The second-order valence-corrected chi connectivity index (χ2v) is 5.83. The van der Waals surface area contributed by atoms with E-state index in [2.05, 4.69) is 13.8 Å². The molecule has 2 nitrogen and oxygen atoms in total. The summed E-state index contributed by atoms with van der Waals surface area (Å²) in [7, 11) is 0. The molecule has 1 saturated carbocycles. The zero-order chi connectivity index (χ0) is 10.8. The minimum absolute atomic E-state index is 0.191. The summed E-state index contributed by atoms with van der Waals surface area (Å²) in [6.07, 6.45) is 3.91. The van der Waals surface area contributed by atoms with E-state index in [4.69, 9.17) is 9.78 Å². The van der Waals surface area contributed by atoms with Crippen molar-refractivity contribution in [1.29, 1.82) is 0 Å². The maximum atomic E-state index is 5.49. The standard InChI is InChI=1S/C12H24O2/c1-9-6-10(2)8-11(7-9)13-14-12(3,4)5/h9-11H,6-8H2,1-5H3. The zero-order valence-electron chi connectivity index (χ0n) is 10.2. The summed E-state index contributed by atoms with van der Waals surface area (Å²) in [4.78, 5) is 10.9. The van der Waals surface area contributed by atoms with Gasteiger partial charge in [-0.25, -0.2) is 9.78 Å². The Morgan fingerprint density at radius 1 is 0.929 bits per heavy atom. The highest BCUT2D eigenvalue weighted by Crippen LogP contribution is 2.31. The Labute approximate surface area is 87.9 Å². The summed E-state index contributed by atoms with van der Waals surface area (Å²) in [5, 5.41) is 0. The quantitative estimate of drug-likeness (QED) is 0.501. The van der Waals surface area contributed by atoms with Gasteiger partial charge < -0.3 is 0 Å². The van der Waals surface area contributed by atoms with Crippen molar-refractivity contribution in [1.82, 2.24) is 0 Å². The molecule has 0 heterocycles. The molecular formula is C12H24O2. The summed E-state index contributed by atoms with van der Waals surface area (Å²) in [5.41, 5.74) is -0.191. The SMILES string of the molecule is CC1CC(C)CC(OOC(C)(C)C)C1. The van der Waals surface area contributed by atoms with Crippen LogP contribution in [0.25, 0.3) is 0 Å². The molecule has 0 aromatic rings. The topological polar surface area (TPSA) is 18.5 Å². The van der Waals surface area contributed by atoms with Crippen LogP contribution in [-0.2, 0) is 9.78 Å². The van der Waals surface area contributed by atoms with Crippen LogP contribution >= 0.6 is 0 Å². The summed E-state index contributed by atoms with van der Waals surface area (Å²) in [5.74, 6) is 1.54. The first-order valence-corrected chi connectivity index (χ1v) is 5.71. The third kappa shape index (κ3) is 4.43. The van der Waals surface area contributed by atoms with Crippen molar-refractivity contribution in [2.24, 2.45) is 11.8 Å². The van der Waals surface area contributed by atoms with E-state index in [0.717, 1.165) is 24.7 Å². The van der Waals surface area contributed by atoms with Gasteiger partial charge in [-0.05, 0) is 51.9 Å². The van der Waals surface area contributed by atoms with Crippen LogP contribution < -0.4 is 0 Å². The van der Waals surface area contributed by atoms with Gasteiger partial charge in [0.2, 0.25) is 0 Å². The van der Waals surface area contributed by atoms with Gasteiger partial charge >= 0.3 is 0 Å². The summed E-state index contributed by atoms with van der Waals surface area (Å²) in [6, 6.07) is 0. The number of hydrogen-bond acceptors (Lipinski definition) is 2. The molecule has 0 saturated heterocycles. The van der Waals surface area contributed by atoms with Crippen molar-refractivity contribution in [2.75, 3.05) is 0 Å². The number of rotatable bonds is 2. The molecule has 0 amide bonds. The molecule has 0 N–H and O–H groups in total. The predicted molar refractivity (Wildman–Crippen MR) is 57.9 cm³/mol. The van der Waals surface area contributed by atoms with Crippen LogP contribution in [0.4, 0.5) is 0 Å². The van der Waals surface area contributed by atoms with Crippen LogP contribution in [0.1, 0.15) is 53.9 Å². The Hall–Kier alpha value is -0.0800. The summed E-state index contributed by atoms with van der Waals surface area (Å²) < 4.78 is 0. The second-order valence-electron chi connectivity index (χ2n) is 5.83. The molecule has 0 aliphatic heterocycles. The molecular weight excluding hydrogens is 176 g/mol. The van der Waals surface area contributed by atoms with Gasteiger partial charge in [-0.2, -0.15) is 0 Å². The van der Waals surface area contributed by atoms with Crippen molar-refractivity contribution in [2.45, 2.75) is 65.6 Å². The second kappa shape index (κ2) is 4.63. The van der Waals surface area contributed by atoms with Gasteiger partial charge in [0.25, 0.3) is 0 Å². The van der Waals surface area contributed by atoms with Gasteiger partial charge in [0.05, 0.1) is 11.7 Å². The van der Waals surface area contributed by atoms with E-state index in [9.17, 15) is 0 Å². The average Bonchev–Trinajstić information content (AvgIpc) is 1.97. The molecule has 2 atom stereocenters. The van der Waals surface area contributed by atoms with Crippen molar-refractivity contribution in [3.63, 3.8) is 0 Å². The Bertz CT molecular complexity index is 162. The first-order valence-electron chi connectivity index (χ1n) is 5.71. The first kappa shape index (κ1) is 12.0. The fourth-order valence-electron chi connectivity index (χ4n) is 2.16. The monoisotopic (exact) mass is 200 g/mol. The summed E-state index contributed by atoms with van der Waals surface area (Å²) >= 11 is 0. The smallest absolute Gasteiger partial charge is 0.0952 e. The van der Waals surface area contributed by atoms with Crippen molar-refractivity contribution in [3.05, 3.63) is 0 Å². The fourth-order valence-corrected chi connectivity index (χ4v) is 2.16. The van der Waals surface area contributed by atoms with Crippen LogP contribution in [0, 0.1) is 11.8 Å². The molecule has 0 aromatic carbocycles. The molecule has 2 heteroatoms. The van der Waals surface area contributed by atoms with Crippen molar-refractivity contribution < 1.29 is 9.78 Å². The van der Waals surface area contributed by atoms with Gasteiger partial charge in [-0.1, -0.05) is 13.8 Å². The molecule has 0 bridgehead atoms. The lowest BCUT2D eigenvalue weighted by atomic mass is 9.82. The molecule has 0 radical (unpaired) electrons. The highest BCUT2D eigenvalue weighted by atomic mass is 17.2. The zero-order valence-corrected chi connectivity index (χ0v) is 10.2. The Morgan fingerprint density at radius 3 is 1.86 bits per heavy atom. The lowest BCUT2D eigenvalue weighted by molar-refractivity contribution is -0.378. The van der Waals surface area contributed by atoms with Crippen molar-refractivity contribution in [3.8, 4) is 0 Å². The van der Waals surface area contributed by atoms with E-state index < -0.39 is 0 Å². The molecule has 1 rings (SSSR count). The lowest BCUT2D eigenvalue weighted by Crippen LogP contribution is -2.30. The Morgan fingerprint density at radius 2 is 1.43 bits per heavy atom. The fraction of sp³-hybridized carbons (Fsp3) is 1.00. The van der Waals surface area contributed by atoms with E-state index in [1.54, 1.807) is 0 Å². The minimum atomic E-state index is -0.191. The van der Waals surface area contributed by atoms with Crippen LogP contribution in [0.2, 0.25) is 0 Å². The first-order chi connectivity index (χ1) is 6.37. The highest BCUT2D eigenvalue weighted by Gasteiger charge is 2.26. The van der Waals surface area contributed by atoms with Crippen LogP contribution in [0.5, 0.6) is 0 Å². The maximum absolute atomic E-state index is 5.49. The van der Waals surface area contributed by atoms with Gasteiger partial charge in [-0.15, -0.1) is 0 Å².